The predicted molar refractivity (Wildman–Crippen MR) is 117 cm³/mol. The highest BCUT2D eigenvalue weighted by Crippen LogP contribution is 2.28. The van der Waals surface area contributed by atoms with E-state index in [0.29, 0.717) is 28.4 Å². The molecule has 0 saturated carbocycles. The molecule has 2 aromatic carbocycles. The molecule has 0 aliphatic heterocycles. The zero-order valence-electron chi connectivity index (χ0n) is 18.2. The molecular formula is C22H27N3O6. The standard InChI is InChI=1S/C22H27N3O6/c1-22(2,3)31-21(28)23-13-19(26)24-15-7-6-8-16(12-15)25-20(27)14-9-10-17(29-4)18(11-14)30-5/h6-12H,13H2,1-5H3,(H,23,28)(H,24,26)(H,25,27). The topological polar surface area (TPSA) is 115 Å². The summed E-state index contributed by atoms with van der Waals surface area (Å²) in [6, 6.07) is 11.5. The lowest BCUT2D eigenvalue weighted by Crippen LogP contribution is -2.37. The van der Waals surface area contributed by atoms with Crippen LogP contribution in [-0.2, 0) is 9.53 Å². The molecule has 0 unspecified atom stereocenters. The maximum absolute atomic E-state index is 12.6. The van der Waals surface area contributed by atoms with Gasteiger partial charge in [0.1, 0.15) is 12.1 Å². The van der Waals surface area contributed by atoms with Crippen molar-refractivity contribution in [1.29, 1.82) is 0 Å². The zero-order valence-corrected chi connectivity index (χ0v) is 18.2. The molecule has 166 valence electrons. The van der Waals surface area contributed by atoms with Crippen molar-refractivity contribution in [3.05, 3.63) is 48.0 Å². The smallest absolute Gasteiger partial charge is 0.408 e. The molecular weight excluding hydrogens is 402 g/mol. The number of carbonyl (C=O) groups is 3. The molecule has 0 saturated heterocycles. The van der Waals surface area contributed by atoms with Crippen LogP contribution < -0.4 is 25.4 Å². The molecule has 0 aromatic heterocycles. The Morgan fingerprint density at radius 2 is 1.52 bits per heavy atom. The van der Waals surface area contributed by atoms with Crippen molar-refractivity contribution in [2.75, 3.05) is 31.4 Å². The molecule has 3 N–H and O–H groups in total. The van der Waals surface area contributed by atoms with Crippen LogP contribution in [0, 0.1) is 0 Å². The number of benzene rings is 2. The average Bonchev–Trinajstić information content (AvgIpc) is 2.70. The van der Waals surface area contributed by atoms with Gasteiger partial charge in [-0.05, 0) is 57.2 Å². The molecule has 0 heterocycles. The Bertz CT molecular complexity index is 953. The Balaban J connectivity index is 1.96. The van der Waals surface area contributed by atoms with Gasteiger partial charge in [-0.1, -0.05) is 6.07 Å². The van der Waals surface area contributed by atoms with Crippen molar-refractivity contribution in [1.82, 2.24) is 5.32 Å². The number of carbonyl (C=O) groups excluding carboxylic acids is 3. The van der Waals surface area contributed by atoms with E-state index in [1.165, 1.54) is 14.2 Å². The zero-order chi connectivity index (χ0) is 23.0. The van der Waals surface area contributed by atoms with E-state index in [4.69, 9.17) is 14.2 Å². The van der Waals surface area contributed by atoms with Crippen molar-refractivity contribution < 1.29 is 28.6 Å². The molecule has 9 heteroatoms. The Morgan fingerprint density at radius 3 is 2.13 bits per heavy atom. The van der Waals surface area contributed by atoms with Crippen LogP contribution in [0.5, 0.6) is 11.5 Å². The number of methoxy groups -OCH3 is 2. The second kappa shape index (κ2) is 10.3. The Morgan fingerprint density at radius 1 is 0.871 bits per heavy atom. The summed E-state index contributed by atoms with van der Waals surface area (Å²) in [7, 11) is 3.00. The van der Waals surface area contributed by atoms with E-state index in [9.17, 15) is 14.4 Å². The van der Waals surface area contributed by atoms with E-state index in [2.05, 4.69) is 16.0 Å². The maximum Gasteiger partial charge on any atom is 0.408 e. The summed E-state index contributed by atoms with van der Waals surface area (Å²) >= 11 is 0. The molecule has 2 aromatic rings. The normalized spacial score (nSPS) is 10.6. The molecule has 0 atom stereocenters. The Hall–Kier alpha value is -3.75. The van der Waals surface area contributed by atoms with Crippen LogP contribution in [0.3, 0.4) is 0 Å². The molecule has 0 bridgehead atoms. The molecule has 2 rings (SSSR count). The third-order valence-corrected chi connectivity index (χ3v) is 3.84. The molecule has 0 radical (unpaired) electrons. The first-order valence-corrected chi connectivity index (χ1v) is 9.51. The molecule has 0 spiro atoms. The number of hydrogen-bond donors (Lipinski definition) is 3. The number of amides is 3. The first kappa shape index (κ1) is 23.5. The van der Waals surface area contributed by atoms with Crippen LogP contribution in [0.2, 0.25) is 0 Å². The van der Waals surface area contributed by atoms with Crippen molar-refractivity contribution in [3.8, 4) is 11.5 Å². The van der Waals surface area contributed by atoms with Gasteiger partial charge in [-0.25, -0.2) is 4.79 Å². The largest absolute Gasteiger partial charge is 0.493 e. The Kier molecular flexibility index (Phi) is 7.84. The number of ether oxygens (including phenoxy) is 3. The highest BCUT2D eigenvalue weighted by molar-refractivity contribution is 6.05. The summed E-state index contributed by atoms with van der Waals surface area (Å²) in [5, 5.41) is 7.79. The van der Waals surface area contributed by atoms with Crippen molar-refractivity contribution >= 4 is 29.3 Å². The van der Waals surface area contributed by atoms with Gasteiger partial charge in [0, 0.05) is 16.9 Å². The third kappa shape index (κ3) is 7.54. The molecule has 0 aliphatic rings. The number of alkyl carbamates (subject to hydrolysis) is 1. The lowest BCUT2D eigenvalue weighted by molar-refractivity contribution is -0.115. The van der Waals surface area contributed by atoms with Gasteiger partial charge in [-0.2, -0.15) is 0 Å². The van der Waals surface area contributed by atoms with Gasteiger partial charge in [-0.3, -0.25) is 9.59 Å². The van der Waals surface area contributed by atoms with Crippen LogP contribution in [-0.4, -0.2) is 44.3 Å². The number of rotatable bonds is 7. The molecule has 31 heavy (non-hydrogen) atoms. The van der Waals surface area contributed by atoms with Crippen LogP contribution in [0.15, 0.2) is 42.5 Å². The summed E-state index contributed by atoms with van der Waals surface area (Å²) in [6.07, 6.45) is -0.682. The minimum absolute atomic E-state index is 0.253. The first-order valence-electron chi connectivity index (χ1n) is 9.51. The van der Waals surface area contributed by atoms with E-state index in [-0.39, 0.29) is 12.5 Å². The van der Waals surface area contributed by atoms with Gasteiger partial charge in [0.2, 0.25) is 5.91 Å². The van der Waals surface area contributed by atoms with Crippen molar-refractivity contribution in [2.24, 2.45) is 0 Å². The second-order valence-corrected chi connectivity index (χ2v) is 7.51. The molecule has 0 fully saturated rings. The molecule has 3 amide bonds. The Labute approximate surface area is 181 Å². The van der Waals surface area contributed by atoms with Crippen LogP contribution in [0.1, 0.15) is 31.1 Å². The fourth-order valence-corrected chi connectivity index (χ4v) is 2.53. The maximum atomic E-state index is 12.6. The summed E-state index contributed by atoms with van der Waals surface area (Å²) in [5.41, 5.74) is 0.675. The molecule has 9 nitrogen and oxygen atoms in total. The quantitative estimate of drug-likeness (QED) is 0.621. The predicted octanol–water partition coefficient (Wildman–Crippen LogP) is 3.42. The number of hydrogen-bond acceptors (Lipinski definition) is 6. The fourth-order valence-electron chi connectivity index (χ4n) is 2.53. The third-order valence-electron chi connectivity index (χ3n) is 3.84. The SMILES string of the molecule is COc1ccc(C(=O)Nc2cccc(NC(=O)CNC(=O)OC(C)(C)C)c2)cc1OC. The number of anilines is 2. The van der Waals surface area contributed by atoms with Gasteiger partial charge < -0.3 is 30.2 Å². The van der Waals surface area contributed by atoms with Gasteiger partial charge in [-0.15, -0.1) is 0 Å². The van der Waals surface area contributed by atoms with E-state index in [1.807, 2.05) is 0 Å². The van der Waals surface area contributed by atoms with Crippen LogP contribution >= 0.6 is 0 Å². The van der Waals surface area contributed by atoms with Gasteiger partial charge in [0.15, 0.2) is 11.5 Å². The minimum Gasteiger partial charge on any atom is -0.493 e. The highest BCUT2D eigenvalue weighted by Gasteiger charge is 2.17. The van der Waals surface area contributed by atoms with Crippen LogP contribution in [0.25, 0.3) is 0 Å². The summed E-state index contributed by atoms with van der Waals surface area (Å²) in [6.45, 7) is 4.94. The fraction of sp³-hybridized carbons (Fsp3) is 0.318. The summed E-state index contributed by atoms with van der Waals surface area (Å²) in [4.78, 5) is 36.3. The van der Waals surface area contributed by atoms with Crippen molar-refractivity contribution in [3.63, 3.8) is 0 Å². The highest BCUT2D eigenvalue weighted by atomic mass is 16.6. The van der Waals surface area contributed by atoms with Gasteiger partial charge in [0.05, 0.1) is 14.2 Å². The average molecular weight is 429 g/mol. The lowest BCUT2D eigenvalue weighted by atomic mass is 10.1. The van der Waals surface area contributed by atoms with E-state index in [1.54, 1.807) is 63.2 Å². The van der Waals surface area contributed by atoms with E-state index < -0.39 is 17.6 Å². The lowest BCUT2D eigenvalue weighted by Gasteiger charge is -2.19. The first-order chi connectivity index (χ1) is 14.6. The summed E-state index contributed by atoms with van der Waals surface area (Å²) < 4.78 is 15.5. The number of nitrogens with one attached hydrogen (secondary N) is 3. The molecule has 0 aliphatic carbocycles. The van der Waals surface area contributed by atoms with Gasteiger partial charge >= 0.3 is 6.09 Å². The second-order valence-electron chi connectivity index (χ2n) is 7.51. The van der Waals surface area contributed by atoms with Gasteiger partial charge in [0.25, 0.3) is 5.91 Å². The van der Waals surface area contributed by atoms with Crippen molar-refractivity contribution in [2.45, 2.75) is 26.4 Å². The van der Waals surface area contributed by atoms with E-state index in [0.717, 1.165) is 0 Å². The minimum atomic E-state index is -0.682. The summed E-state index contributed by atoms with van der Waals surface area (Å²) in [5.74, 6) is 0.169. The van der Waals surface area contributed by atoms with Crippen LogP contribution in [0.4, 0.5) is 16.2 Å². The monoisotopic (exact) mass is 429 g/mol. The van der Waals surface area contributed by atoms with E-state index >= 15 is 0 Å².